The van der Waals surface area contributed by atoms with Gasteiger partial charge in [0.15, 0.2) is 0 Å². The Bertz CT molecular complexity index is 640. The fraction of sp³-hybridized carbons (Fsp3) is 0.294. The molecule has 0 atom stereocenters. The van der Waals surface area contributed by atoms with E-state index in [1.165, 1.54) is 5.56 Å². The summed E-state index contributed by atoms with van der Waals surface area (Å²) in [6.45, 7) is 0. The SMILES string of the molecule is COc1ccccc1C1CC(Nc2ccc(Cl)cc2Br)C1. The second-order valence-electron chi connectivity index (χ2n) is 5.38. The van der Waals surface area contributed by atoms with Crippen LogP contribution in [0.1, 0.15) is 24.3 Å². The zero-order chi connectivity index (χ0) is 14.8. The fourth-order valence-electron chi connectivity index (χ4n) is 2.82. The molecule has 1 N–H and O–H groups in total. The molecule has 1 aliphatic carbocycles. The molecule has 4 heteroatoms. The molecular weight excluding hydrogens is 350 g/mol. The zero-order valence-electron chi connectivity index (χ0n) is 11.8. The van der Waals surface area contributed by atoms with Gasteiger partial charge in [0.25, 0.3) is 0 Å². The first kappa shape index (κ1) is 14.7. The van der Waals surface area contributed by atoms with Crippen LogP contribution in [0.4, 0.5) is 5.69 Å². The largest absolute Gasteiger partial charge is 0.496 e. The lowest BCUT2D eigenvalue weighted by Crippen LogP contribution is -2.34. The van der Waals surface area contributed by atoms with Crippen LogP contribution in [0.25, 0.3) is 0 Å². The van der Waals surface area contributed by atoms with Crippen molar-refractivity contribution in [3.63, 3.8) is 0 Å². The van der Waals surface area contributed by atoms with Crippen LogP contribution in [-0.2, 0) is 0 Å². The molecule has 2 nitrogen and oxygen atoms in total. The Balaban J connectivity index is 1.63. The molecule has 0 bridgehead atoms. The van der Waals surface area contributed by atoms with E-state index in [9.17, 15) is 0 Å². The first-order valence-electron chi connectivity index (χ1n) is 7.02. The van der Waals surface area contributed by atoms with E-state index in [4.69, 9.17) is 16.3 Å². The van der Waals surface area contributed by atoms with Crippen molar-refractivity contribution in [1.82, 2.24) is 0 Å². The summed E-state index contributed by atoms with van der Waals surface area (Å²) < 4.78 is 6.46. The number of hydrogen-bond donors (Lipinski definition) is 1. The molecule has 0 radical (unpaired) electrons. The van der Waals surface area contributed by atoms with Gasteiger partial charge in [-0.05, 0) is 64.5 Å². The van der Waals surface area contributed by atoms with Gasteiger partial charge in [-0.2, -0.15) is 0 Å². The van der Waals surface area contributed by atoms with Gasteiger partial charge < -0.3 is 10.1 Å². The van der Waals surface area contributed by atoms with Crippen molar-refractivity contribution < 1.29 is 4.74 Å². The van der Waals surface area contributed by atoms with Crippen molar-refractivity contribution >= 4 is 33.2 Å². The van der Waals surface area contributed by atoms with Gasteiger partial charge in [-0.1, -0.05) is 29.8 Å². The number of methoxy groups -OCH3 is 1. The Hall–Kier alpha value is -1.19. The van der Waals surface area contributed by atoms with Gasteiger partial charge in [-0.25, -0.2) is 0 Å². The number of anilines is 1. The van der Waals surface area contributed by atoms with Crippen molar-refractivity contribution in [2.75, 3.05) is 12.4 Å². The number of benzene rings is 2. The highest BCUT2D eigenvalue weighted by atomic mass is 79.9. The van der Waals surface area contributed by atoms with Gasteiger partial charge in [0.05, 0.1) is 7.11 Å². The first-order valence-corrected chi connectivity index (χ1v) is 8.19. The average Bonchev–Trinajstić information content (AvgIpc) is 2.44. The Morgan fingerprint density at radius 3 is 2.67 bits per heavy atom. The van der Waals surface area contributed by atoms with E-state index in [1.54, 1.807) is 7.11 Å². The molecular formula is C17H17BrClNO. The summed E-state index contributed by atoms with van der Waals surface area (Å²) in [5.74, 6) is 1.57. The van der Waals surface area contributed by atoms with Crippen LogP contribution in [0, 0.1) is 0 Å². The van der Waals surface area contributed by atoms with Crippen LogP contribution in [0.5, 0.6) is 5.75 Å². The highest BCUT2D eigenvalue weighted by Gasteiger charge is 2.32. The lowest BCUT2D eigenvalue weighted by atomic mass is 9.75. The van der Waals surface area contributed by atoms with Gasteiger partial charge in [0.1, 0.15) is 5.75 Å². The van der Waals surface area contributed by atoms with E-state index in [2.05, 4.69) is 33.4 Å². The zero-order valence-corrected chi connectivity index (χ0v) is 14.1. The van der Waals surface area contributed by atoms with Crippen molar-refractivity contribution in [3.05, 3.63) is 57.5 Å². The maximum atomic E-state index is 5.97. The molecule has 0 amide bonds. The Morgan fingerprint density at radius 2 is 1.95 bits per heavy atom. The van der Waals surface area contributed by atoms with Gasteiger partial charge in [-0.3, -0.25) is 0 Å². The topological polar surface area (TPSA) is 21.3 Å². The fourth-order valence-corrected chi connectivity index (χ4v) is 3.62. The van der Waals surface area contributed by atoms with Crippen LogP contribution in [-0.4, -0.2) is 13.2 Å². The summed E-state index contributed by atoms with van der Waals surface area (Å²) in [4.78, 5) is 0. The lowest BCUT2D eigenvalue weighted by molar-refractivity contribution is 0.349. The smallest absolute Gasteiger partial charge is 0.122 e. The van der Waals surface area contributed by atoms with Crippen LogP contribution >= 0.6 is 27.5 Å². The quantitative estimate of drug-likeness (QED) is 0.774. The number of rotatable bonds is 4. The third kappa shape index (κ3) is 3.19. The minimum atomic E-state index is 0.498. The van der Waals surface area contributed by atoms with Crippen LogP contribution in [0.2, 0.25) is 5.02 Å². The molecule has 2 aromatic rings. The Kier molecular flexibility index (Phi) is 4.41. The van der Waals surface area contributed by atoms with Gasteiger partial charge in [0, 0.05) is 21.2 Å². The third-order valence-electron chi connectivity index (χ3n) is 4.01. The molecule has 0 spiro atoms. The average molecular weight is 367 g/mol. The predicted molar refractivity (Wildman–Crippen MR) is 91.5 cm³/mol. The molecule has 110 valence electrons. The van der Waals surface area contributed by atoms with Gasteiger partial charge >= 0.3 is 0 Å². The minimum Gasteiger partial charge on any atom is -0.496 e. The highest BCUT2D eigenvalue weighted by Crippen LogP contribution is 2.42. The van der Waals surface area contributed by atoms with Crippen LogP contribution < -0.4 is 10.1 Å². The number of nitrogens with one attached hydrogen (secondary N) is 1. The Morgan fingerprint density at radius 1 is 1.19 bits per heavy atom. The maximum Gasteiger partial charge on any atom is 0.122 e. The molecule has 21 heavy (non-hydrogen) atoms. The molecule has 0 heterocycles. The molecule has 1 saturated carbocycles. The number of halogens is 2. The normalized spacial score (nSPS) is 20.7. The molecule has 0 saturated heterocycles. The highest BCUT2D eigenvalue weighted by molar-refractivity contribution is 9.10. The first-order chi connectivity index (χ1) is 10.2. The molecule has 2 aromatic carbocycles. The van der Waals surface area contributed by atoms with E-state index in [0.717, 1.165) is 33.8 Å². The van der Waals surface area contributed by atoms with Crippen LogP contribution in [0.3, 0.4) is 0 Å². The van der Waals surface area contributed by atoms with E-state index < -0.39 is 0 Å². The third-order valence-corrected chi connectivity index (χ3v) is 4.90. The van der Waals surface area contributed by atoms with Crippen molar-refractivity contribution in [2.45, 2.75) is 24.8 Å². The number of para-hydroxylation sites is 1. The minimum absolute atomic E-state index is 0.498. The van der Waals surface area contributed by atoms with Crippen molar-refractivity contribution in [1.29, 1.82) is 0 Å². The summed E-state index contributed by atoms with van der Waals surface area (Å²) in [5, 5.41) is 4.31. The summed E-state index contributed by atoms with van der Waals surface area (Å²) in [6, 6.07) is 14.6. The summed E-state index contributed by atoms with van der Waals surface area (Å²) >= 11 is 9.51. The summed E-state index contributed by atoms with van der Waals surface area (Å²) in [7, 11) is 1.73. The second-order valence-corrected chi connectivity index (χ2v) is 6.67. The molecule has 1 aliphatic rings. The van der Waals surface area contributed by atoms with Crippen molar-refractivity contribution in [3.8, 4) is 5.75 Å². The number of ether oxygens (including phenoxy) is 1. The Labute approximate surface area is 138 Å². The van der Waals surface area contributed by atoms with E-state index in [1.807, 2.05) is 30.3 Å². The summed E-state index contributed by atoms with van der Waals surface area (Å²) in [6.07, 6.45) is 2.24. The predicted octanol–water partition coefficient (Wildman–Crippen LogP) is 5.47. The molecule has 1 fully saturated rings. The standard InChI is InChI=1S/C17H17BrClNO/c1-21-17-5-3-2-4-14(17)11-8-13(9-11)20-16-7-6-12(19)10-15(16)18/h2-7,10-11,13,20H,8-9H2,1H3. The summed E-state index contributed by atoms with van der Waals surface area (Å²) in [5.41, 5.74) is 2.41. The van der Waals surface area contributed by atoms with Crippen LogP contribution in [0.15, 0.2) is 46.9 Å². The van der Waals surface area contributed by atoms with E-state index >= 15 is 0 Å². The van der Waals surface area contributed by atoms with Crippen molar-refractivity contribution in [2.24, 2.45) is 0 Å². The lowest BCUT2D eigenvalue weighted by Gasteiger charge is -2.37. The van der Waals surface area contributed by atoms with E-state index in [0.29, 0.717) is 12.0 Å². The maximum absolute atomic E-state index is 5.97. The van der Waals surface area contributed by atoms with E-state index in [-0.39, 0.29) is 0 Å². The second kappa shape index (κ2) is 6.29. The molecule has 3 rings (SSSR count). The molecule has 0 aromatic heterocycles. The molecule has 0 unspecified atom stereocenters. The van der Waals surface area contributed by atoms with Gasteiger partial charge in [-0.15, -0.1) is 0 Å². The monoisotopic (exact) mass is 365 g/mol. The molecule has 0 aliphatic heterocycles. The van der Waals surface area contributed by atoms with Gasteiger partial charge in [0.2, 0.25) is 0 Å². The number of hydrogen-bond acceptors (Lipinski definition) is 2.